The molecule has 0 aliphatic carbocycles. The summed E-state index contributed by atoms with van der Waals surface area (Å²) in [6.07, 6.45) is 2.71. The Morgan fingerprint density at radius 1 is 1.61 bits per heavy atom. The summed E-state index contributed by atoms with van der Waals surface area (Å²) in [5.41, 5.74) is -0.234. The Bertz CT molecular complexity index is 444. The monoisotopic (exact) mass is 269 g/mol. The Labute approximate surface area is 111 Å². The van der Waals surface area contributed by atoms with Crippen LogP contribution in [0.1, 0.15) is 39.4 Å². The predicted molar refractivity (Wildman–Crippen MR) is 71.1 cm³/mol. The highest BCUT2D eigenvalue weighted by atomic mass is 32.1. The first-order chi connectivity index (χ1) is 8.45. The predicted octanol–water partition coefficient (Wildman–Crippen LogP) is 2.18. The number of rotatable bonds is 3. The van der Waals surface area contributed by atoms with E-state index in [1.54, 1.807) is 0 Å². The van der Waals surface area contributed by atoms with E-state index in [1.165, 1.54) is 11.5 Å². The van der Waals surface area contributed by atoms with Gasteiger partial charge in [-0.05, 0) is 18.3 Å². The third-order valence-corrected chi connectivity index (χ3v) is 4.32. The van der Waals surface area contributed by atoms with E-state index >= 15 is 0 Å². The van der Waals surface area contributed by atoms with E-state index in [4.69, 9.17) is 0 Å². The number of aliphatic carboxylic acids is 1. The molecule has 100 valence electrons. The van der Waals surface area contributed by atoms with Gasteiger partial charge in [-0.1, -0.05) is 20.8 Å². The lowest BCUT2D eigenvalue weighted by Crippen LogP contribution is -2.54. The van der Waals surface area contributed by atoms with Crippen LogP contribution >= 0.6 is 11.5 Å². The molecular formula is C12H19N3O2S. The van der Waals surface area contributed by atoms with Gasteiger partial charge in [0.2, 0.25) is 5.13 Å². The lowest BCUT2D eigenvalue weighted by Gasteiger charge is -2.43. The van der Waals surface area contributed by atoms with Crippen molar-refractivity contribution in [2.45, 2.75) is 46.1 Å². The molecule has 1 N–H and O–H groups in total. The summed E-state index contributed by atoms with van der Waals surface area (Å²) in [5.74, 6) is 0.0236. The van der Waals surface area contributed by atoms with Gasteiger partial charge in [0.05, 0.1) is 0 Å². The van der Waals surface area contributed by atoms with E-state index in [1.807, 2.05) is 25.7 Å². The third kappa shape index (κ3) is 2.34. The number of piperidine rings is 1. The van der Waals surface area contributed by atoms with E-state index in [2.05, 4.69) is 9.36 Å². The van der Waals surface area contributed by atoms with Crippen molar-refractivity contribution in [2.75, 3.05) is 11.4 Å². The average molecular weight is 269 g/mol. The van der Waals surface area contributed by atoms with Gasteiger partial charge in [-0.3, -0.25) is 0 Å². The molecule has 0 spiro atoms. The smallest absolute Gasteiger partial charge is 0.326 e. The molecule has 18 heavy (non-hydrogen) atoms. The van der Waals surface area contributed by atoms with Crippen LogP contribution in [-0.2, 0) is 11.2 Å². The summed E-state index contributed by atoms with van der Waals surface area (Å²) in [7, 11) is 0. The van der Waals surface area contributed by atoms with Crippen molar-refractivity contribution in [3.8, 4) is 0 Å². The zero-order valence-electron chi connectivity index (χ0n) is 11.0. The van der Waals surface area contributed by atoms with Crippen LogP contribution in [0, 0.1) is 5.41 Å². The fourth-order valence-electron chi connectivity index (χ4n) is 2.57. The Kier molecular flexibility index (Phi) is 3.56. The molecule has 5 nitrogen and oxygen atoms in total. The molecule has 0 saturated carbocycles. The van der Waals surface area contributed by atoms with Crippen LogP contribution < -0.4 is 4.90 Å². The molecule has 2 rings (SSSR count). The van der Waals surface area contributed by atoms with Crippen LogP contribution in [0.3, 0.4) is 0 Å². The van der Waals surface area contributed by atoms with E-state index in [9.17, 15) is 9.90 Å². The highest BCUT2D eigenvalue weighted by Crippen LogP contribution is 2.38. The zero-order valence-corrected chi connectivity index (χ0v) is 11.8. The van der Waals surface area contributed by atoms with Crippen LogP contribution in [0.15, 0.2) is 0 Å². The molecular weight excluding hydrogens is 250 g/mol. The van der Waals surface area contributed by atoms with Crippen molar-refractivity contribution in [3.63, 3.8) is 0 Å². The first-order valence-electron chi connectivity index (χ1n) is 6.27. The van der Waals surface area contributed by atoms with Crippen molar-refractivity contribution in [3.05, 3.63) is 5.82 Å². The highest BCUT2D eigenvalue weighted by Gasteiger charge is 2.43. The molecule has 2 heterocycles. The van der Waals surface area contributed by atoms with Gasteiger partial charge < -0.3 is 10.0 Å². The van der Waals surface area contributed by atoms with Gasteiger partial charge in [0, 0.05) is 24.5 Å². The number of aryl methyl sites for hydroxylation is 1. The van der Waals surface area contributed by atoms with Gasteiger partial charge in [-0.2, -0.15) is 4.37 Å². The van der Waals surface area contributed by atoms with Gasteiger partial charge in [0.15, 0.2) is 0 Å². The molecule has 1 fully saturated rings. The summed E-state index contributed by atoms with van der Waals surface area (Å²) in [6, 6.07) is -0.510. The van der Waals surface area contributed by atoms with E-state index < -0.39 is 12.0 Å². The van der Waals surface area contributed by atoms with Crippen LogP contribution in [-0.4, -0.2) is 33.0 Å². The fourth-order valence-corrected chi connectivity index (χ4v) is 3.38. The van der Waals surface area contributed by atoms with Gasteiger partial charge in [0.25, 0.3) is 0 Å². The quantitative estimate of drug-likeness (QED) is 0.911. The second-order valence-electron chi connectivity index (χ2n) is 5.37. The number of anilines is 1. The van der Waals surface area contributed by atoms with Gasteiger partial charge >= 0.3 is 5.97 Å². The number of hydrogen-bond donors (Lipinski definition) is 1. The molecule has 1 aliphatic heterocycles. The molecule has 0 aromatic carbocycles. The van der Waals surface area contributed by atoms with Crippen molar-refractivity contribution < 1.29 is 9.90 Å². The first kappa shape index (κ1) is 13.3. The number of carboxylic acids is 1. The maximum atomic E-state index is 11.5. The third-order valence-electron chi connectivity index (χ3n) is 3.53. The Morgan fingerprint density at radius 2 is 2.33 bits per heavy atom. The number of carbonyl (C=O) groups is 1. The summed E-state index contributed by atoms with van der Waals surface area (Å²) in [6.45, 7) is 6.78. The molecule has 0 amide bonds. The molecule has 1 aliphatic rings. The summed E-state index contributed by atoms with van der Waals surface area (Å²) in [5, 5.41) is 10.2. The lowest BCUT2D eigenvalue weighted by molar-refractivity contribution is -0.142. The SMILES string of the molecule is CCc1nsc(N2CCCC(C)(C)C2C(=O)O)n1. The Balaban J connectivity index is 2.32. The Morgan fingerprint density at radius 3 is 2.89 bits per heavy atom. The second kappa shape index (κ2) is 4.84. The minimum atomic E-state index is -0.770. The molecule has 6 heteroatoms. The topological polar surface area (TPSA) is 66.3 Å². The molecule has 0 bridgehead atoms. The normalized spacial score (nSPS) is 23.1. The number of hydrogen-bond acceptors (Lipinski definition) is 5. The maximum absolute atomic E-state index is 11.5. The van der Waals surface area contributed by atoms with Crippen molar-refractivity contribution in [1.82, 2.24) is 9.36 Å². The molecule has 0 radical (unpaired) electrons. The minimum absolute atomic E-state index is 0.234. The van der Waals surface area contributed by atoms with Crippen molar-refractivity contribution in [2.24, 2.45) is 5.41 Å². The second-order valence-corrected chi connectivity index (χ2v) is 6.10. The van der Waals surface area contributed by atoms with E-state index in [0.29, 0.717) is 0 Å². The number of carboxylic acid groups (broad SMARTS) is 1. The van der Waals surface area contributed by atoms with Crippen LogP contribution in [0.2, 0.25) is 0 Å². The van der Waals surface area contributed by atoms with Gasteiger partial charge in [0.1, 0.15) is 11.9 Å². The van der Waals surface area contributed by atoms with E-state index in [-0.39, 0.29) is 5.41 Å². The van der Waals surface area contributed by atoms with Crippen molar-refractivity contribution in [1.29, 1.82) is 0 Å². The Hall–Kier alpha value is -1.17. The van der Waals surface area contributed by atoms with Crippen LogP contribution in [0.5, 0.6) is 0 Å². The summed E-state index contributed by atoms with van der Waals surface area (Å²) in [4.78, 5) is 17.9. The molecule has 1 unspecified atom stereocenters. The molecule has 1 aromatic heterocycles. The molecule has 1 aromatic rings. The first-order valence-corrected chi connectivity index (χ1v) is 7.05. The van der Waals surface area contributed by atoms with Crippen LogP contribution in [0.25, 0.3) is 0 Å². The summed E-state index contributed by atoms with van der Waals surface area (Å²) >= 11 is 1.30. The maximum Gasteiger partial charge on any atom is 0.326 e. The van der Waals surface area contributed by atoms with E-state index in [0.717, 1.165) is 36.8 Å². The van der Waals surface area contributed by atoms with Gasteiger partial charge in [-0.15, -0.1) is 0 Å². The number of aromatic nitrogens is 2. The average Bonchev–Trinajstić information content (AvgIpc) is 2.75. The highest BCUT2D eigenvalue weighted by molar-refractivity contribution is 7.09. The van der Waals surface area contributed by atoms with Gasteiger partial charge in [-0.25, -0.2) is 9.78 Å². The minimum Gasteiger partial charge on any atom is -0.480 e. The molecule has 1 saturated heterocycles. The lowest BCUT2D eigenvalue weighted by atomic mass is 9.76. The number of nitrogens with zero attached hydrogens (tertiary/aromatic N) is 3. The van der Waals surface area contributed by atoms with Crippen molar-refractivity contribution >= 4 is 22.6 Å². The molecule has 1 atom stereocenters. The zero-order chi connectivity index (χ0) is 13.3. The largest absolute Gasteiger partial charge is 0.480 e. The fraction of sp³-hybridized carbons (Fsp3) is 0.750. The summed E-state index contributed by atoms with van der Waals surface area (Å²) < 4.78 is 4.25. The van der Waals surface area contributed by atoms with Crippen LogP contribution in [0.4, 0.5) is 5.13 Å². The standard InChI is InChI=1S/C12H19N3O2S/c1-4-8-13-11(18-14-8)15-7-5-6-12(2,3)9(15)10(16)17/h9H,4-7H2,1-3H3,(H,16,17).